The summed E-state index contributed by atoms with van der Waals surface area (Å²) in [5, 5.41) is 4.55. The third kappa shape index (κ3) is 2.80. The van der Waals surface area contributed by atoms with Crippen LogP contribution >= 0.6 is 23.2 Å². The first-order valence-corrected chi connectivity index (χ1v) is 6.07. The fraction of sp³-hybridized carbons (Fsp3) is 0.250. The summed E-state index contributed by atoms with van der Waals surface area (Å²) in [5.74, 6) is 0.903. The van der Waals surface area contributed by atoms with Crippen LogP contribution < -0.4 is 5.32 Å². The van der Waals surface area contributed by atoms with Gasteiger partial charge in [0.1, 0.15) is 5.82 Å². The van der Waals surface area contributed by atoms with Gasteiger partial charge in [-0.25, -0.2) is 4.98 Å². The minimum atomic E-state index is 0.0438. The van der Waals surface area contributed by atoms with E-state index in [1.807, 2.05) is 25.2 Å². The average molecular weight is 270 g/mol. The van der Waals surface area contributed by atoms with E-state index in [0.717, 1.165) is 11.4 Å². The molecule has 2 aromatic rings. The Morgan fingerprint density at radius 2 is 2.06 bits per heavy atom. The van der Waals surface area contributed by atoms with Crippen molar-refractivity contribution in [3.05, 3.63) is 52.0 Å². The minimum absolute atomic E-state index is 0.0438. The predicted molar refractivity (Wildman–Crippen MR) is 70.6 cm³/mol. The van der Waals surface area contributed by atoms with E-state index in [1.54, 1.807) is 12.4 Å². The first-order valence-electron chi connectivity index (χ1n) is 5.31. The number of imidazole rings is 1. The first kappa shape index (κ1) is 12.4. The smallest absolute Gasteiger partial charge is 0.107 e. The molecule has 0 fully saturated rings. The molecule has 1 aromatic heterocycles. The molecule has 1 aromatic carbocycles. The molecule has 5 heteroatoms. The van der Waals surface area contributed by atoms with Crippen molar-refractivity contribution >= 4 is 23.2 Å². The van der Waals surface area contributed by atoms with Crippen LogP contribution in [0.1, 0.15) is 17.4 Å². The lowest BCUT2D eigenvalue weighted by molar-refractivity contribution is 0.578. The summed E-state index contributed by atoms with van der Waals surface area (Å²) < 4.78 is 0. The summed E-state index contributed by atoms with van der Waals surface area (Å²) in [7, 11) is 1.88. The Hall–Kier alpha value is -1.03. The molecule has 2 N–H and O–H groups in total. The fourth-order valence-corrected chi connectivity index (χ4v) is 2.46. The van der Waals surface area contributed by atoms with Crippen molar-refractivity contribution in [2.45, 2.75) is 12.5 Å². The molecule has 2 rings (SSSR count). The van der Waals surface area contributed by atoms with E-state index >= 15 is 0 Å². The van der Waals surface area contributed by atoms with E-state index in [0.29, 0.717) is 16.5 Å². The lowest BCUT2D eigenvalue weighted by Crippen LogP contribution is -2.20. The van der Waals surface area contributed by atoms with E-state index in [4.69, 9.17) is 23.2 Å². The van der Waals surface area contributed by atoms with Gasteiger partial charge in [-0.1, -0.05) is 29.3 Å². The van der Waals surface area contributed by atoms with Gasteiger partial charge in [0.15, 0.2) is 0 Å². The molecule has 0 saturated carbocycles. The molecule has 0 aliphatic carbocycles. The Bertz CT molecular complexity index is 462. The van der Waals surface area contributed by atoms with Crippen molar-refractivity contribution in [2.24, 2.45) is 0 Å². The second kappa shape index (κ2) is 5.54. The normalized spacial score (nSPS) is 12.6. The van der Waals surface area contributed by atoms with Crippen molar-refractivity contribution in [3.63, 3.8) is 0 Å². The van der Waals surface area contributed by atoms with Gasteiger partial charge < -0.3 is 10.3 Å². The van der Waals surface area contributed by atoms with Crippen LogP contribution in [0.2, 0.25) is 10.0 Å². The standard InChI is InChI=1S/C12H13Cl2N3/c1-15-10(7-11-16-5-6-17-11)12-8(13)3-2-4-9(12)14/h2-6,10,15H,7H2,1H3,(H,16,17). The van der Waals surface area contributed by atoms with Crippen LogP contribution in [-0.2, 0) is 6.42 Å². The molecular formula is C12H13Cl2N3. The van der Waals surface area contributed by atoms with Crippen LogP contribution in [0.25, 0.3) is 0 Å². The topological polar surface area (TPSA) is 40.7 Å². The number of likely N-dealkylation sites (N-methyl/N-ethyl adjacent to an activating group) is 1. The first-order chi connectivity index (χ1) is 8.22. The average Bonchev–Trinajstić information content (AvgIpc) is 2.80. The Labute approximate surface area is 110 Å². The zero-order chi connectivity index (χ0) is 12.3. The maximum atomic E-state index is 6.19. The zero-order valence-electron chi connectivity index (χ0n) is 9.37. The second-order valence-corrected chi connectivity index (χ2v) is 4.53. The largest absolute Gasteiger partial charge is 0.349 e. The summed E-state index contributed by atoms with van der Waals surface area (Å²) in [5.41, 5.74) is 0.912. The highest BCUT2D eigenvalue weighted by Gasteiger charge is 2.17. The summed E-state index contributed by atoms with van der Waals surface area (Å²) in [6, 6.07) is 5.57. The highest BCUT2D eigenvalue weighted by Crippen LogP contribution is 2.31. The lowest BCUT2D eigenvalue weighted by Gasteiger charge is -2.18. The number of nitrogens with one attached hydrogen (secondary N) is 2. The van der Waals surface area contributed by atoms with Crippen molar-refractivity contribution in [1.29, 1.82) is 0 Å². The van der Waals surface area contributed by atoms with Gasteiger partial charge in [-0.3, -0.25) is 0 Å². The van der Waals surface area contributed by atoms with Crippen LogP contribution in [0.4, 0.5) is 0 Å². The van der Waals surface area contributed by atoms with Gasteiger partial charge >= 0.3 is 0 Å². The summed E-state index contributed by atoms with van der Waals surface area (Å²) in [6.45, 7) is 0. The monoisotopic (exact) mass is 269 g/mol. The number of nitrogens with zero attached hydrogens (tertiary/aromatic N) is 1. The Kier molecular flexibility index (Phi) is 4.05. The molecule has 0 aliphatic heterocycles. The summed E-state index contributed by atoms with van der Waals surface area (Å²) in [6.07, 6.45) is 4.25. The van der Waals surface area contributed by atoms with E-state index in [1.165, 1.54) is 0 Å². The molecular weight excluding hydrogens is 257 g/mol. The Morgan fingerprint density at radius 3 is 2.59 bits per heavy atom. The molecule has 1 unspecified atom stereocenters. The van der Waals surface area contributed by atoms with E-state index in [2.05, 4.69) is 15.3 Å². The molecule has 1 heterocycles. The van der Waals surface area contributed by atoms with Crippen LogP contribution in [0.3, 0.4) is 0 Å². The Morgan fingerprint density at radius 1 is 1.35 bits per heavy atom. The number of aromatic nitrogens is 2. The lowest BCUT2D eigenvalue weighted by atomic mass is 10.0. The van der Waals surface area contributed by atoms with Gasteiger partial charge in [-0.2, -0.15) is 0 Å². The van der Waals surface area contributed by atoms with Crippen molar-refractivity contribution in [3.8, 4) is 0 Å². The van der Waals surface area contributed by atoms with Gasteiger partial charge in [0, 0.05) is 40.5 Å². The van der Waals surface area contributed by atoms with Gasteiger partial charge in [0.25, 0.3) is 0 Å². The zero-order valence-corrected chi connectivity index (χ0v) is 10.9. The summed E-state index contributed by atoms with van der Waals surface area (Å²) >= 11 is 12.4. The molecule has 17 heavy (non-hydrogen) atoms. The van der Waals surface area contributed by atoms with E-state index < -0.39 is 0 Å². The van der Waals surface area contributed by atoms with Gasteiger partial charge in [-0.05, 0) is 19.2 Å². The van der Waals surface area contributed by atoms with Crippen LogP contribution in [-0.4, -0.2) is 17.0 Å². The fourth-order valence-electron chi connectivity index (χ4n) is 1.80. The van der Waals surface area contributed by atoms with Crippen LogP contribution in [0.5, 0.6) is 0 Å². The molecule has 0 aliphatic rings. The van der Waals surface area contributed by atoms with Gasteiger partial charge in [-0.15, -0.1) is 0 Å². The number of benzene rings is 1. The van der Waals surface area contributed by atoms with Crippen molar-refractivity contribution < 1.29 is 0 Å². The SMILES string of the molecule is CNC(Cc1ncc[nH]1)c1c(Cl)cccc1Cl. The minimum Gasteiger partial charge on any atom is -0.349 e. The number of hydrogen-bond donors (Lipinski definition) is 2. The third-order valence-corrected chi connectivity index (χ3v) is 3.31. The molecule has 3 nitrogen and oxygen atoms in total. The molecule has 0 spiro atoms. The van der Waals surface area contributed by atoms with Crippen molar-refractivity contribution in [1.82, 2.24) is 15.3 Å². The molecule has 90 valence electrons. The number of hydrogen-bond acceptors (Lipinski definition) is 2. The molecule has 0 radical (unpaired) electrons. The Balaban J connectivity index is 2.29. The third-order valence-electron chi connectivity index (χ3n) is 2.65. The molecule has 0 bridgehead atoms. The molecule has 0 saturated heterocycles. The number of aromatic amines is 1. The second-order valence-electron chi connectivity index (χ2n) is 3.72. The quantitative estimate of drug-likeness (QED) is 0.895. The number of halogens is 2. The predicted octanol–water partition coefficient (Wildman–Crippen LogP) is 3.22. The summed E-state index contributed by atoms with van der Waals surface area (Å²) in [4.78, 5) is 7.28. The van der Waals surface area contributed by atoms with Gasteiger partial charge in [0.05, 0.1) is 0 Å². The molecule has 1 atom stereocenters. The highest BCUT2D eigenvalue weighted by molar-refractivity contribution is 6.36. The number of rotatable bonds is 4. The maximum Gasteiger partial charge on any atom is 0.107 e. The van der Waals surface area contributed by atoms with E-state index in [9.17, 15) is 0 Å². The van der Waals surface area contributed by atoms with Crippen LogP contribution in [0.15, 0.2) is 30.6 Å². The number of H-pyrrole nitrogens is 1. The molecule has 0 amide bonds. The maximum absolute atomic E-state index is 6.19. The van der Waals surface area contributed by atoms with Gasteiger partial charge in [0.2, 0.25) is 0 Å². The van der Waals surface area contributed by atoms with E-state index in [-0.39, 0.29) is 6.04 Å². The van der Waals surface area contributed by atoms with Crippen molar-refractivity contribution in [2.75, 3.05) is 7.05 Å². The highest BCUT2D eigenvalue weighted by atomic mass is 35.5. The van der Waals surface area contributed by atoms with Crippen LogP contribution in [0, 0.1) is 0 Å².